The maximum absolute atomic E-state index is 11.9. The first-order chi connectivity index (χ1) is 10.1. The summed E-state index contributed by atoms with van der Waals surface area (Å²) in [5.74, 6) is 0.594. The second-order valence-electron chi connectivity index (χ2n) is 4.76. The molecule has 0 atom stereocenters. The van der Waals surface area contributed by atoms with Crippen LogP contribution in [-0.2, 0) is 11.2 Å². The Morgan fingerprint density at radius 3 is 2.71 bits per heavy atom. The molecule has 110 valence electrons. The Hall–Kier alpha value is -1.81. The van der Waals surface area contributed by atoms with Crippen LogP contribution in [0.4, 0.5) is 5.69 Å². The minimum atomic E-state index is -0.170. The van der Waals surface area contributed by atoms with Gasteiger partial charge in [-0.05, 0) is 42.7 Å². The van der Waals surface area contributed by atoms with Crippen LogP contribution in [0.5, 0.6) is 5.75 Å². The average Bonchev–Trinajstić information content (AvgIpc) is 2.49. The Morgan fingerprint density at radius 1 is 1.24 bits per heavy atom. The summed E-state index contributed by atoms with van der Waals surface area (Å²) in [5, 5.41) is 2.82. The van der Waals surface area contributed by atoms with Crippen molar-refractivity contribution in [1.29, 1.82) is 0 Å². The normalized spacial score (nSPS) is 10.2. The SMILES string of the molecule is CCc1ccccc1OCC(=O)Nc1ccc(C)c(Br)c1. The van der Waals surface area contributed by atoms with E-state index in [1.54, 1.807) is 0 Å². The standard InChI is InChI=1S/C17H18BrNO2/c1-3-13-6-4-5-7-16(13)21-11-17(20)19-14-9-8-12(2)15(18)10-14/h4-10H,3,11H2,1-2H3,(H,19,20). The Kier molecular flexibility index (Phi) is 5.39. The Labute approximate surface area is 133 Å². The zero-order valence-corrected chi connectivity index (χ0v) is 13.7. The van der Waals surface area contributed by atoms with E-state index < -0.39 is 0 Å². The van der Waals surface area contributed by atoms with Crippen LogP contribution >= 0.6 is 15.9 Å². The number of anilines is 1. The molecule has 4 heteroatoms. The largest absolute Gasteiger partial charge is 0.483 e. The van der Waals surface area contributed by atoms with E-state index in [1.807, 2.05) is 49.4 Å². The van der Waals surface area contributed by atoms with Crippen molar-refractivity contribution in [3.8, 4) is 5.75 Å². The van der Waals surface area contributed by atoms with Crippen LogP contribution in [0.2, 0.25) is 0 Å². The van der Waals surface area contributed by atoms with Gasteiger partial charge in [-0.2, -0.15) is 0 Å². The van der Waals surface area contributed by atoms with Gasteiger partial charge in [-0.25, -0.2) is 0 Å². The maximum Gasteiger partial charge on any atom is 0.262 e. The van der Waals surface area contributed by atoms with Gasteiger partial charge in [0, 0.05) is 10.2 Å². The number of nitrogens with one attached hydrogen (secondary N) is 1. The third-order valence-electron chi connectivity index (χ3n) is 3.17. The lowest BCUT2D eigenvalue weighted by Crippen LogP contribution is -2.20. The zero-order chi connectivity index (χ0) is 15.2. The van der Waals surface area contributed by atoms with Crippen LogP contribution in [0, 0.1) is 6.92 Å². The van der Waals surface area contributed by atoms with Gasteiger partial charge >= 0.3 is 0 Å². The summed E-state index contributed by atoms with van der Waals surface area (Å²) in [6.07, 6.45) is 0.878. The Morgan fingerprint density at radius 2 is 2.00 bits per heavy atom. The fraction of sp³-hybridized carbons (Fsp3) is 0.235. The van der Waals surface area contributed by atoms with Crippen LogP contribution in [-0.4, -0.2) is 12.5 Å². The molecular weight excluding hydrogens is 330 g/mol. The number of benzene rings is 2. The molecule has 1 N–H and O–H groups in total. The molecule has 1 amide bonds. The second-order valence-corrected chi connectivity index (χ2v) is 5.62. The van der Waals surface area contributed by atoms with E-state index in [-0.39, 0.29) is 12.5 Å². The van der Waals surface area contributed by atoms with Gasteiger partial charge in [-0.3, -0.25) is 4.79 Å². The smallest absolute Gasteiger partial charge is 0.262 e. The molecule has 2 rings (SSSR count). The van der Waals surface area contributed by atoms with E-state index in [1.165, 1.54) is 0 Å². The molecule has 2 aromatic carbocycles. The lowest BCUT2D eigenvalue weighted by molar-refractivity contribution is -0.118. The van der Waals surface area contributed by atoms with Gasteiger partial charge in [0.05, 0.1) is 0 Å². The summed E-state index contributed by atoms with van der Waals surface area (Å²) in [6, 6.07) is 13.5. The highest BCUT2D eigenvalue weighted by Crippen LogP contribution is 2.21. The highest BCUT2D eigenvalue weighted by atomic mass is 79.9. The minimum Gasteiger partial charge on any atom is -0.483 e. The zero-order valence-electron chi connectivity index (χ0n) is 12.2. The molecule has 0 saturated heterocycles. The van der Waals surface area contributed by atoms with Crippen molar-refractivity contribution in [3.63, 3.8) is 0 Å². The van der Waals surface area contributed by atoms with Gasteiger partial charge in [0.15, 0.2) is 6.61 Å². The average molecular weight is 348 g/mol. The Balaban J connectivity index is 1.94. The van der Waals surface area contributed by atoms with E-state index in [2.05, 4.69) is 28.2 Å². The molecule has 0 aromatic heterocycles. The van der Waals surface area contributed by atoms with Crippen LogP contribution in [0.3, 0.4) is 0 Å². The predicted molar refractivity (Wildman–Crippen MR) is 88.8 cm³/mol. The van der Waals surface area contributed by atoms with Crippen molar-refractivity contribution in [2.24, 2.45) is 0 Å². The Bertz CT molecular complexity index is 640. The summed E-state index contributed by atoms with van der Waals surface area (Å²) >= 11 is 3.45. The number of rotatable bonds is 5. The summed E-state index contributed by atoms with van der Waals surface area (Å²) in [4.78, 5) is 11.9. The third-order valence-corrected chi connectivity index (χ3v) is 4.02. The van der Waals surface area contributed by atoms with Gasteiger partial charge in [0.25, 0.3) is 5.91 Å². The van der Waals surface area contributed by atoms with Crippen molar-refractivity contribution < 1.29 is 9.53 Å². The quantitative estimate of drug-likeness (QED) is 0.873. The van der Waals surface area contributed by atoms with Crippen molar-refractivity contribution >= 4 is 27.5 Å². The van der Waals surface area contributed by atoms with Crippen molar-refractivity contribution in [2.45, 2.75) is 20.3 Å². The van der Waals surface area contributed by atoms with E-state index in [0.29, 0.717) is 0 Å². The number of carbonyl (C=O) groups is 1. The maximum atomic E-state index is 11.9. The molecule has 0 aliphatic rings. The summed E-state index contributed by atoms with van der Waals surface area (Å²) in [5.41, 5.74) is 2.98. The van der Waals surface area contributed by atoms with E-state index in [4.69, 9.17) is 4.74 Å². The first-order valence-corrected chi connectivity index (χ1v) is 7.66. The number of amides is 1. The molecule has 0 radical (unpaired) electrons. The fourth-order valence-corrected chi connectivity index (χ4v) is 2.33. The predicted octanol–water partition coefficient (Wildman–Crippen LogP) is 4.34. The van der Waals surface area contributed by atoms with Gasteiger partial charge < -0.3 is 10.1 Å². The number of aryl methyl sites for hydroxylation is 2. The highest BCUT2D eigenvalue weighted by molar-refractivity contribution is 9.10. The molecule has 0 aliphatic heterocycles. The summed E-state index contributed by atoms with van der Waals surface area (Å²) < 4.78 is 6.56. The van der Waals surface area contributed by atoms with Crippen LogP contribution in [0.1, 0.15) is 18.1 Å². The number of para-hydroxylation sites is 1. The number of carbonyl (C=O) groups excluding carboxylic acids is 1. The molecular formula is C17H18BrNO2. The monoisotopic (exact) mass is 347 g/mol. The molecule has 0 heterocycles. The molecule has 3 nitrogen and oxygen atoms in total. The molecule has 0 bridgehead atoms. The molecule has 0 saturated carbocycles. The van der Waals surface area contributed by atoms with Crippen molar-refractivity contribution in [3.05, 3.63) is 58.1 Å². The van der Waals surface area contributed by atoms with Crippen molar-refractivity contribution in [1.82, 2.24) is 0 Å². The van der Waals surface area contributed by atoms with Crippen LogP contribution < -0.4 is 10.1 Å². The van der Waals surface area contributed by atoms with E-state index in [9.17, 15) is 4.79 Å². The molecule has 2 aromatic rings. The first kappa shape index (κ1) is 15.6. The topological polar surface area (TPSA) is 38.3 Å². The molecule has 0 fully saturated rings. The fourth-order valence-electron chi connectivity index (χ4n) is 1.95. The van der Waals surface area contributed by atoms with Crippen LogP contribution in [0.15, 0.2) is 46.9 Å². The highest BCUT2D eigenvalue weighted by Gasteiger charge is 2.07. The van der Waals surface area contributed by atoms with Crippen molar-refractivity contribution in [2.75, 3.05) is 11.9 Å². The second kappa shape index (κ2) is 7.27. The summed E-state index contributed by atoms with van der Waals surface area (Å²) in [6.45, 7) is 4.06. The number of hydrogen-bond acceptors (Lipinski definition) is 2. The van der Waals surface area contributed by atoms with Crippen LogP contribution in [0.25, 0.3) is 0 Å². The molecule has 0 spiro atoms. The minimum absolute atomic E-state index is 0.00249. The lowest BCUT2D eigenvalue weighted by Gasteiger charge is -2.11. The van der Waals surface area contributed by atoms with Gasteiger partial charge in [0.2, 0.25) is 0 Å². The molecule has 21 heavy (non-hydrogen) atoms. The first-order valence-electron chi connectivity index (χ1n) is 6.87. The van der Waals surface area contributed by atoms with Gasteiger partial charge in [0.1, 0.15) is 5.75 Å². The number of ether oxygens (including phenoxy) is 1. The molecule has 0 unspecified atom stereocenters. The summed E-state index contributed by atoms with van der Waals surface area (Å²) in [7, 11) is 0. The lowest BCUT2D eigenvalue weighted by atomic mass is 10.1. The van der Waals surface area contributed by atoms with E-state index >= 15 is 0 Å². The molecule has 0 aliphatic carbocycles. The van der Waals surface area contributed by atoms with E-state index in [0.717, 1.165) is 33.5 Å². The van der Waals surface area contributed by atoms with Gasteiger partial charge in [-0.1, -0.05) is 47.1 Å². The number of hydrogen-bond donors (Lipinski definition) is 1. The third kappa shape index (κ3) is 4.33. The van der Waals surface area contributed by atoms with Gasteiger partial charge in [-0.15, -0.1) is 0 Å². The number of halogens is 1.